The van der Waals surface area contributed by atoms with Crippen LogP contribution in [-0.4, -0.2) is 47.0 Å². The second kappa shape index (κ2) is 6.55. The van der Waals surface area contributed by atoms with Crippen molar-refractivity contribution in [3.8, 4) is 0 Å². The third-order valence-electron chi connectivity index (χ3n) is 4.21. The number of ether oxygens (including phenoxy) is 3. The van der Waals surface area contributed by atoms with Crippen LogP contribution >= 0.6 is 0 Å². The van der Waals surface area contributed by atoms with E-state index in [1.807, 2.05) is 0 Å². The number of carbonyl (C=O) groups excluding carboxylic acids is 1. The van der Waals surface area contributed by atoms with E-state index < -0.39 is 20.7 Å². The molecule has 0 spiro atoms. The second-order valence-corrected chi connectivity index (χ2v) is 11.6. The monoisotopic (exact) mass is 304 g/mol. The average Bonchev–Trinajstić information content (AvgIpc) is 2.27. The summed E-state index contributed by atoms with van der Waals surface area (Å²) >= 11 is 0. The smallest absolute Gasteiger partial charge is 0.308 e. The van der Waals surface area contributed by atoms with Crippen LogP contribution in [0.1, 0.15) is 33.6 Å². The zero-order chi connectivity index (χ0) is 15.6. The molecule has 2 unspecified atom stereocenters. The fraction of sp³-hybridized carbons (Fsp3) is 0.929. The summed E-state index contributed by atoms with van der Waals surface area (Å²) in [5.74, 6) is -0.246. The highest BCUT2D eigenvalue weighted by atomic mass is 28.4. The van der Waals surface area contributed by atoms with Crippen molar-refractivity contribution in [2.75, 3.05) is 14.2 Å². The topological polar surface area (TPSA) is 54.0 Å². The Morgan fingerprint density at radius 1 is 1.25 bits per heavy atom. The minimum Gasteiger partial charge on any atom is -0.457 e. The summed E-state index contributed by atoms with van der Waals surface area (Å²) in [7, 11) is 1.19. The molecule has 0 aromatic rings. The zero-order valence-electron chi connectivity index (χ0n) is 13.7. The van der Waals surface area contributed by atoms with Gasteiger partial charge < -0.3 is 18.6 Å². The van der Waals surface area contributed by atoms with Crippen molar-refractivity contribution >= 4 is 14.3 Å². The summed E-state index contributed by atoms with van der Waals surface area (Å²) in [6, 6.07) is 0. The van der Waals surface area contributed by atoms with Gasteiger partial charge in [-0.05, 0) is 18.1 Å². The van der Waals surface area contributed by atoms with Gasteiger partial charge in [-0.1, -0.05) is 20.8 Å². The van der Waals surface area contributed by atoms with Crippen LogP contribution in [0.2, 0.25) is 18.1 Å². The van der Waals surface area contributed by atoms with E-state index in [1.165, 1.54) is 0 Å². The fourth-order valence-corrected chi connectivity index (χ4v) is 3.41. The Hall–Kier alpha value is -0.433. The van der Waals surface area contributed by atoms with Crippen molar-refractivity contribution in [2.24, 2.45) is 0 Å². The van der Waals surface area contributed by atoms with Crippen LogP contribution in [0.25, 0.3) is 0 Å². The molecule has 5 nitrogen and oxygen atoms in total. The Kier molecular flexibility index (Phi) is 5.77. The van der Waals surface area contributed by atoms with E-state index in [1.54, 1.807) is 14.2 Å². The normalized spacial score (nSPS) is 24.9. The van der Waals surface area contributed by atoms with Crippen molar-refractivity contribution in [3.63, 3.8) is 0 Å². The number of esters is 1. The van der Waals surface area contributed by atoms with Gasteiger partial charge in [0, 0.05) is 20.6 Å². The van der Waals surface area contributed by atoms with Crippen LogP contribution in [0, 0.1) is 0 Å². The molecule has 1 heterocycles. The van der Waals surface area contributed by atoms with Crippen LogP contribution in [0.5, 0.6) is 0 Å². The first-order valence-electron chi connectivity index (χ1n) is 7.03. The molecular weight excluding hydrogens is 276 g/mol. The van der Waals surface area contributed by atoms with Gasteiger partial charge in [0.2, 0.25) is 0 Å². The van der Waals surface area contributed by atoms with Crippen LogP contribution in [0.3, 0.4) is 0 Å². The molecule has 20 heavy (non-hydrogen) atoms. The number of rotatable bonds is 5. The molecule has 0 amide bonds. The lowest BCUT2D eigenvalue weighted by Crippen LogP contribution is -2.49. The SMILES string of the molecule is COC(OC)C1CC(O[Si](C)(C)C(C)(C)C)CC(=O)O1. The molecule has 0 aromatic carbocycles. The molecule has 1 aliphatic rings. The van der Waals surface area contributed by atoms with Crippen LogP contribution in [0.15, 0.2) is 0 Å². The summed E-state index contributed by atoms with van der Waals surface area (Å²) in [5, 5.41) is 0.117. The molecule has 1 aliphatic heterocycles. The molecule has 0 aliphatic carbocycles. The summed E-state index contributed by atoms with van der Waals surface area (Å²) < 4.78 is 22.0. The summed E-state index contributed by atoms with van der Waals surface area (Å²) in [5.41, 5.74) is 0. The second-order valence-electron chi connectivity index (χ2n) is 6.81. The Bertz CT molecular complexity index is 333. The average molecular weight is 304 g/mol. The Balaban J connectivity index is 2.74. The number of carbonyl (C=O) groups is 1. The predicted molar refractivity (Wildman–Crippen MR) is 79.0 cm³/mol. The minimum atomic E-state index is -1.90. The standard InChI is InChI=1S/C14H28O5Si/c1-14(2,3)20(6,7)19-10-8-11(13(16-4)17-5)18-12(15)9-10/h10-11,13H,8-9H2,1-7H3. The quantitative estimate of drug-likeness (QED) is 0.444. The van der Waals surface area contributed by atoms with E-state index >= 15 is 0 Å². The lowest BCUT2D eigenvalue weighted by molar-refractivity contribution is -0.206. The lowest BCUT2D eigenvalue weighted by Gasteiger charge is -2.41. The third-order valence-corrected chi connectivity index (χ3v) is 8.74. The van der Waals surface area contributed by atoms with Gasteiger partial charge in [-0.15, -0.1) is 0 Å². The van der Waals surface area contributed by atoms with Gasteiger partial charge in [-0.2, -0.15) is 0 Å². The first-order chi connectivity index (χ1) is 9.10. The largest absolute Gasteiger partial charge is 0.457 e. The molecule has 0 N–H and O–H groups in total. The molecule has 1 fully saturated rings. The number of hydrogen-bond donors (Lipinski definition) is 0. The number of cyclic esters (lactones) is 1. The summed E-state index contributed by atoms with van der Waals surface area (Å²) in [4.78, 5) is 11.8. The van der Waals surface area contributed by atoms with Gasteiger partial charge in [0.05, 0.1) is 12.5 Å². The zero-order valence-corrected chi connectivity index (χ0v) is 14.7. The van der Waals surface area contributed by atoms with E-state index in [-0.39, 0.29) is 17.1 Å². The Morgan fingerprint density at radius 2 is 1.80 bits per heavy atom. The van der Waals surface area contributed by atoms with Gasteiger partial charge in [-0.3, -0.25) is 4.79 Å². The molecule has 1 saturated heterocycles. The van der Waals surface area contributed by atoms with Gasteiger partial charge in [0.1, 0.15) is 0 Å². The van der Waals surface area contributed by atoms with Gasteiger partial charge in [0.25, 0.3) is 0 Å². The molecular formula is C14H28O5Si. The van der Waals surface area contributed by atoms with E-state index in [9.17, 15) is 4.79 Å². The van der Waals surface area contributed by atoms with Crippen molar-refractivity contribution in [1.29, 1.82) is 0 Å². The Morgan fingerprint density at radius 3 is 2.25 bits per heavy atom. The molecule has 2 atom stereocenters. The molecule has 1 rings (SSSR count). The van der Waals surface area contributed by atoms with Crippen LogP contribution in [-0.2, 0) is 23.4 Å². The van der Waals surface area contributed by atoms with E-state index in [4.69, 9.17) is 18.6 Å². The molecule has 6 heteroatoms. The molecule has 0 bridgehead atoms. The Labute approximate surface area is 123 Å². The van der Waals surface area contributed by atoms with Crippen molar-refractivity contribution in [2.45, 2.75) is 70.2 Å². The van der Waals surface area contributed by atoms with Gasteiger partial charge in [-0.25, -0.2) is 0 Å². The number of hydrogen-bond acceptors (Lipinski definition) is 5. The molecule has 0 saturated carbocycles. The maximum atomic E-state index is 11.8. The van der Waals surface area contributed by atoms with Crippen molar-refractivity contribution in [3.05, 3.63) is 0 Å². The fourth-order valence-electron chi connectivity index (χ4n) is 2.04. The highest BCUT2D eigenvalue weighted by Gasteiger charge is 2.42. The van der Waals surface area contributed by atoms with Crippen LogP contribution in [0.4, 0.5) is 0 Å². The first-order valence-corrected chi connectivity index (χ1v) is 9.94. The molecule has 0 radical (unpaired) electrons. The minimum absolute atomic E-state index is 0.116. The maximum Gasteiger partial charge on any atom is 0.308 e. The van der Waals surface area contributed by atoms with E-state index in [2.05, 4.69) is 33.9 Å². The van der Waals surface area contributed by atoms with Gasteiger partial charge >= 0.3 is 5.97 Å². The lowest BCUT2D eigenvalue weighted by atomic mass is 10.1. The van der Waals surface area contributed by atoms with Gasteiger partial charge in [0.15, 0.2) is 20.7 Å². The highest BCUT2D eigenvalue weighted by molar-refractivity contribution is 6.74. The van der Waals surface area contributed by atoms with Crippen LogP contribution < -0.4 is 0 Å². The molecule has 0 aromatic heterocycles. The number of methoxy groups -OCH3 is 2. The predicted octanol–water partition coefficient (Wildman–Crippen LogP) is 2.70. The third kappa shape index (κ3) is 4.28. The van der Waals surface area contributed by atoms with Crippen molar-refractivity contribution < 1.29 is 23.4 Å². The summed E-state index contributed by atoms with van der Waals surface area (Å²) in [6.45, 7) is 10.9. The molecule has 118 valence electrons. The van der Waals surface area contributed by atoms with E-state index in [0.29, 0.717) is 12.8 Å². The highest BCUT2D eigenvalue weighted by Crippen LogP contribution is 2.39. The van der Waals surface area contributed by atoms with E-state index in [0.717, 1.165) is 0 Å². The maximum absolute atomic E-state index is 11.8. The summed E-state index contributed by atoms with van der Waals surface area (Å²) in [6.07, 6.45) is -0.131. The first kappa shape index (κ1) is 17.6. The van der Waals surface area contributed by atoms with Crippen molar-refractivity contribution in [1.82, 2.24) is 0 Å².